The van der Waals surface area contributed by atoms with Crippen molar-refractivity contribution in [3.63, 3.8) is 0 Å². The summed E-state index contributed by atoms with van der Waals surface area (Å²) in [7, 11) is -2.38. The molecule has 1 heterocycles. The van der Waals surface area contributed by atoms with Gasteiger partial charge in [-0.1, -0.05) is 36.4 Å². The molecular weight excluding hydrogens is 444 g/mol. The number of aromatic amines is 2. The van der Waals surface area contributed by atoms with Crippen LogP contribution in [0, 0.1) is 0 Å². The molecular formula is C23H22N4O5S. The lowest BCUT2D eigenvalue weighted by Gasteiger charge is -2.13. The van der Waals surface area contributed by atoms with E-state index < -0.39 is 21.6 Å². The van der Waals surface area contributed by atoms with Crippen molar-refractivity contribution in [2.75, 3.05) is 11.8 Å². The smallest absolute Gasteiger partial charge is 0.323 e. The van der Waals surface area contributed by atoms with Crippen LogP contribution in [0.5, 0.6) is 0 Å². The highest BCUT2D eigenvalue weighted by Gasteiger charge is 2.19. The van der Waals surface area contributed by atoms with Crippen molar-refractivity contribution in [3.8, 4) is 0 Å². The molecule has 0 fully saturated rings. The third-order valence-corrected chi connectivity index (χ3v) is 6.36. The number of methoxy groups -OCH3 is 1. The summed E-state index contributed by atoms with van der Waals surface area (Å²) in [6, 6.07) is 18.2. The van der Waals surface area contributed by atoms with Gasteiger partial charge in [-0.05, 0) is 41.5 Å². The fourth-order valence-electron chi connectivity index (χ4n) is 3.35. The number of hydrogen-bond donors (Lipinski definition) is 4. The average molecular weight is 467 g/mol. The fourth-order valence-corrected chi connectivity index (χ4v) is 4.46. The first-order valence-electron chi connectivity index (χ1n) is 10.0. The first kappa shape index (κ1) is 22.3. The number of aromatic nitrogens is 2. The summed E-state index contributed by atoms with van der Waals surface area (Å²) in [5.74, 6) is -0.417. The first-order valence-corrected chi connectivity index (χ1v) is 11.5. The molecule has 170 valence electrons. The fraction of sp³-hybridized carbons (Fsp3) is 0.130. The Morgan fingerprint density at radius 2 is 1.64 bits per heavy atom. The molecule has 0 radical (unpaired) electrons. The largest absolute Gasteiger partial charge is 0.380 e. The van der Waals surface area contributed by atoms with Crippen LogP contribution in [0.3, 0.4) is 0 Å². The van der Waals surface area contributed by atoms with E-state index in [0.717, 1.165) is 11.1 Å². The van der Waals surface area contributed by atoms with E-state index in [1.165, 1.54) is 24.3 Å². The van der Waals surface area contributed by atoms with Crippen LogP contribution in [-0.2, 0) is 27.9 Å². The zero-order chi connectivity index (χ0) is 23.4. The molecule has 0 saturated carbocycles. The van der Waals surface area contributed by atoms with Gasteiger partial charge in [0, 0.05) is 13.7 Å². The van der Waals surface area contributed by atoms with Crippen molar-refractivity contribution in [3.05, 3.63) is 93.9 Å². The van der Waals surface area contributed by atoms with Crippen molar-refractivity contribution in [1.29, 1.82) is 0 Å². The van der Waals surface area contributed by atoms with Gasteiger partial charge in [0.25, 0.3) is 15.9 Å². The molecule has 4 N–H and O–H groups in total. The minimum Gasteiger partial charge on any atom is -0.380 e. The predicted molar refractivity (Wildman–Crippen MR) is 124 cm³/mol. The lowest BCUT2D eigenvalue weighted by molar-refractivity contribution is 0.0952. The van der Waals surface area contributed by atoms with E-state index in [0.29, 0.717) is 17.6 Å². The highest BCUT2D eigenvalue weighted by atomic mass is 32.2. The topological polar surface area (TPSA) is 133 Å². The molecule has 0 saturated heterocycles. The van der Waals surface area contributed by atoms with E-state index in [1.54, 1.807) is 25.3 Å². The van der Waals surface area contributed by atoms with Gasteiger partial charge in [-0.3, -0.25) is 9.52 Å². The van der Waals surface area contributed by atoms with Gasteiger partial charge in [-0.2, -0.15) is 0 Å². The van der Waals surface area contributed by atoms with E-state index in [4.69, 9.17) is 4.74 Å². The number of benzene rings is 3. The third kappa shape index (κ3) is 5.13. The lowest BCUT2D eigenvalue weighted by atomic mass is 10.1. The van der Waals surface area contributed by atoms with Gasteiger partial charge >= 0.3 is 5.69 Å². The van der Waals surface area contributed by atoms with Crippen LogP contribution >= 0.6 is 0 Å². The maximum Gasteiger partial charge on any atom is 0.323 e. The molecule has 3 aromatic carbocycles. The van der Waals surface area contributed by atoms with Gasteiger partial charge in [-0.15, -0.1) is 0 Å². The molecule has 4 rings (SSSR count). The van der Waals surface area contributed by atoms with E-state index in [2.05, 4.69) is 20.0 Å². The number of hydrogen-bond acceptors (Lipinski definition) is 5. The second kappa shape index (κ2) is 9.31. The van der Waals surface area contributed by atoms with Crippen molar-refractivity contribution in [1.82, 2.24) is 15.3 Å². The van der Waals surface area contributed by atoms with Crippen molar-refractivity contribution < 1.29 is 17.9 Å². The quantitative estimate of drug-likeness (QED) is 0.317. The van der Waals surface area contributed by atoms with Gasteiger partial charge in [0.2, 0.25) is 0 Å². The second-order valence-corrected chi connectivity index (χ2v) is 9.05. The van der Waals surface area contributed by atoms with Gasteiger partial charge < -0.3 is 20.0 Å². The SMILES string of the molecule is COCc1ccc(CNC(=O)c2ccccc2NS(=O)(=O)c2ccc3[nH]c(=O)[nH]c3c2)cc1. The second-order valence-electron chi connectivity index (χ2n) is 7.37. The molecule has 0 unspecified atom stereocenters. The highest BCUT2D eigenvalue weighted by Crippen LogP contribution is 2.22. The Morgan fingerprint density at radius 3 is 2.39 bits per heavy atom. The average Bonchev–Trinajstić information content (AvgIpc) is 3.18. The Balaban J connectivity index is 1.51. The number of nitrogens with one attached hydrogen (secondary N) is 4. The summed E-state index contributed by atoms with van der Waals surface area (Å²) in [4.78, 5) is 29.3. The number of rotatable bonds is 8. The Bertz CT molecular complexity index is 1460. The van der Waals surface area contributed by atoms with Crippen LogP contribution in [0.1, 0.15) is 21.5 Å². The molecule has 0 aliphatic carbocycles. The molecule has 0 bridgehead atoms. The summed E-state index contributed by atoms with van der Waals surface area (Å²) in [6.45, 7) is 0.790. The number of amides is 1. The third-order valence-electron chi connectivity index (χ3n) is 5.00. The number of H-pyrrole nitrogens is 2. The number of ether oxygens (including phenoxy) is 1. The molecule has 1 aromatic heterocycles. The number of carbonyl (C=O) groups excluding carboxylic acids is 1. The number of anilines is 1. The van der Waals surface area contributed by atoms with Gasteiger partial charge in [0.1, 0.15) is 0 Å². The van der Waals surface area contributed by atoms with E-state index in [1.807, 2.05) is 24.3 Å². The van der Waals surface area contributed by atoms with Crippen molar-refractivity contribution >= 4 is 32.7 Å². The molecule has 10 heteroatoms. The number of carbonyl (C=O) groups is 1. The Morgan fingerprint density at radius 1 is 0.939 bits per heavy atom. The Kier molecular flexibility index (Phi) is 6.29. The van der Waals surface area contributed by atoms with Crippen molar-refractivity contribution in [2.45, 2.75) is 18.0 Å². The highest BCUT2D eigenvalue weighted by molar-refractivity contribution is 7.92. The van der Waals surface area contributed by atoms with Crippen LogP contribution in [0.4, 0.5) is 5.69 Å². The molecule has 4 aromatic rings. The number of sulfonamides is 1. The van der Waals surface area contributed by atoms with Crippen LogP contribution in [0.15, 0.2) is 76.4 Å². The number of para-hydroxylation sites is 1. The minimum absolute atomic E-state index is 0.0448. The molecule has 0 spiro atoms. The lowest BCUT2D eigenvalue weighted by Crippen LogP contribution is -2.25. The predicted octanol–water partition coefficient (Wildman–Crippen LogP) is 2.73. The van der Waals surface area contributed by atoms with Crippen LogP contribution in [0.25, 0.3) is 11.0 Å². The zero-order valence-corrected chi connectivity index (χ0v) is 18.5. The zero-order valence-electron chi connectivity index (χ0n) is 17.7. The molecule has 0 aliphatic rings. The normalized spacial score (nSPS) is 11.4. The van der Waals surface area contributed by atoms with E-state index in [-0.39, 0.29) is 22.7 Å². The van der Waals surface area contributed by atoms with Crippen LogP contribution in [-0.4, -0.2) is 31.4 Å². The molecule has 0 atom stereocenters. The summed E-state index contributed by atoms with van der Waals surface area (Å²) in [5, 5.41) is 2.81. The van der Waals surface area contributed by atoms with E-state index >= 15 is 0 Å². The van der Waals surface area contributed by atoms with Crippen molar-refractivity contribution in [2.24, 2.45) is 0 Å². The van der Waals surface area contributed by atoms with Gasteiger partial charge in [-0.25, -0.2) is 13.2 Å². The minimum atomic E-state index is -4.01. The number of fused-ring (bicyclic) bond motifs is 1. The maximum absolute atomic E-state index is 12.9. The molecule has 1 amide bonds. The molecule has 0 aliphatic heterocycles. The standard InChI is InChI=1S/C23H22N4O5S/c1-32-14-16-8-6-15(7-9-16)13-24-22(28)18-4-2-3-5-19(18)27-33(30,31)17-10-11-20-21(12-17)26-23(29)25-20/h2-12,27H,13-14H2,1H3,(H,24,28)(H2,25,26,29). The first-order chi connectivity index (χ1) is 15.9. The van der Waals surface area contributed by atoms with Gasteiger partial charge in [0.05, 0.1) is 33.8 Å². The summed E-state index contributed by atoms with van der Waals surface area (Å²) in [6.07, 6.45) is 0. The van der Waals surface area contributed by atoms with Gasteiger partial charge in [0.15, 0.2) is 0 Å². The van der Waals surface area contributed by atoms with Crippen LogP contribution in [0.2, 0.25) is 0 Å². The summed E-state index contributed by atoms with van der Waals surface area (Å²) in [5.41, 5.74) is 2.69. The summed E-state index contributed by atoms with van der Waals surface area (Å²) >= 11 is 0. The van der Waals surface area contributed by atoms with Crippen LogP contribution < -0.4 is 15.7 Å². The monoisotopic (exact) mass is 466 g/mol. The Hall–Kier alpha value is -3.89. The Labute approximate surface area is 189 Å². The van der Waals surface area contributed by atoms with E-state index in [9.17, 15) is 18.0 Å². The number of imidazole rings is 1. The summed E-state index contributed by atoms with van der Waals surface area (Å²) < 4.78 is 33.4. The maximum atomic E-state index is 12.9. The molecule has 33 heavy (non-hydrogen) atoms. The molecule has 9 nitrogen and oxygen atoms in total.